The fourth-order valence-corrected chi connectivity index (χ4v) is 3.89. The number of hydrogen-bond acceptors (Lipinski definition) is 5. The molecule has 4 rings (SSSR count). The number of nitrogens with two attached hydrogens (primary N) is 1. The van der Waals surface area contributed by atoms with Crippen LogP contribution >= 0.6 is 11.6 Å². The summed E-state index contributed by atoms with van der Waals surface area (Å²) in [6.45, 7) is 4.76. The quantitative estimate of drug-likeness (QED) is 0.695. The Bertz CT molecular complexity index is 1010. The van der Waals surface area contributed by atoms with E-state index in [1.165, 1.54) is 5.56 Å². The molecule has 2 N–H and O–H groups in total. The number of piperazine rings is 1. The maximum atomic E-state index is 11.2. The summed E-state index contributed by atoms with van der Waals surface area (Å²) >= 11 is 5.96. The third-order valence-corrected chi connectivity index (χ3v) is 5.60. The van der Waals surface area contributed by atoms with E-state index in [1.54, 1.807) is 6.07 Å². The third-order valence-electron chi connectivity index (χ3n) is 5.35. The van der Waals surface area contributed by atoms with Gasteiger partial charge in [0.1, 0.15) is 5.52 Å². The number of amides is 1. The summed E-state index contributed by atoms with van der Waals surface area (Å²) in [5, 5.41) is 0.772. The molecule has 0 bridgehead atoms. The zero-order valence-corrected chi connectivity index (χ0v) is 17.1. The van der Waals surface area contributed by atoms with Gasteiger partial charge in [-0.25, -0.2) is 9.78 Å². The smallest absolute Gasteiger partial charge is 0.408 e. The Balaban J connectivity index is 1.41. The highest BCUT2D eigenvalue weighted by Crippen LogP contribution is 2.29. The average molecular weight is 414 g/mol. The van der Waals surface area contributed by atoms with Gasteiger partial charge < -0.3 is 19.9 Å². The normalized spacial score (nSPS) is 15.0. The maximum Gasteiger partial charge on any atom is 0.410 e. The zero-order chi connectivity index (χ0) is 20.4. The number of fused-ring (bicyclic) bond motifs is 1. The monoisotopic (exact) mass is 413 g/mol. The lowest BCUT2D eigenvalue weighted by Gasteiger charge is -2.35. The molecule has 152 valence electrons. The molecule has 1 aliphatic rings. The summed E-state index contributed by atoms with van der Waals surface area (Å²) in [6.07, 6.45) is 0.177. The number of carbonyl (C=O) groups excluding carboxylic acids is 1. The van der Waals surface area contributed by atoms with Gasteiger partial charge in [-0.05, 0) is 36.2 Å². The van der Waals surface area contributed by atoms with Gasteiger partial charge in [-0.1, -0.05) is 29.8 Å². The van der Waals surface area contributed by atoms with Gasteiger partial charge in [0.15, 0.2) is 5.75 Å². The fourth-order valence-electron chi connectivity index (χ4n) is 3.76. The van der Waals surface area contributed by atoms with Crippen molar-refractivity contribution in [3.63, 3.8) is 0 Å². The average Bonchev–Trinajstić information content (AvgIpc) is 3.05. The molecule has 0 aliphatic carbocycles. The van der Waals surface area contributed by atoms with E-state index in [-0.39, 0.29) is 0 Å². The lowest BCUT2D eigenvalue weighted by molar-refractivity contribution is 0.211. The van der Waals surface area contributed by atoms with E-state index in [2.05, 4.69) is 21.9 Å². The first-order valence-electron chi connectivity index (χ1n) is 9.66. The van der Waals surface area contributed by atoms with Crippen LogP contribution in [-0.2, 0) is 13.5 Å². The molecule has 0 spiro atoms. The van der Waals surface area contributed by atoms with E-state index in [9.17, 15) is 4.79 Å². The van der Waals surface area contributed by atoms with Crippen LogP contribution in [-0.4, -0.2) is 53.3 Å². The third kappa shape index (κ3) is 4.31. The molecule has 0 atom stereocenters. The molecular formula is C21H24ClN5O2. The van der Waals surface area contributed by atoms with E-state index in [4.69, 9.17) is 27.1 Å². The van der Waals surface area contributed by atoms with Crippen molar-refractivity contribution in [2.45, 2.75) is 6.42 Å². The van der Waals surface area contributed by atoms with Crippen molar-refractivity contribution in [2.24, 2.45) is 12.8 Å². The molecule has 1 saturated heterocycles. The van der Waals surface area contributed by atoms with E-state index in [0.29, 0.717) is 11.3 Å². The number of imidazole rings is 1. The molecule has 2 aromatic carbocycles. The van der Waals surface area contributed by atoms with Crippen LogP contribution in [0.25, 0.3) is 11.0 Å². The van der Waals surface area contributed by atoms with E-state index < -0.39 is 6.09 Å². The van der Waals surface area contributed by atoms with Gasteiger partial charge in [0.05, 0.1) is 5.52 Å². The molecule has 7 nitrogen and oxygen atoms in total. The first-order chi connectivity index (χ1) is 14.0. The maximum absolute atomic E-state index is 11.2. The van der Waals surface area contributed by atoms with Crippen molar-refractivity contribution in [1.82, 2.24) is 14.5 Å². The van der Waals surface area contributed by atoms with Gasteiger partial charge in [-0.15, -0.1) is 0 Å². The van der Waals surface area contributed by atoms with Crippen molar-refractivity contribution >= 4 is 34.7 Å². The molecule has 0 saturated carbocycles. The summed E-state index contributed by atoms with van der Waals surface area (Å²) in [5.74, 6) is 1.26. The van der Waals surface area contributed by atoms with Gasteiger partial charge in [0.2, 0.25) is 5.95 Å². The molecule has 1 fully saturated rings. The summed E-state index contributed by atoms with van der Waals surface area (Å²) in [5.41, 5.74) is 8.03. The van der Waals surface area contributed by atoms with E-state index in [1.807, 2.05) is 35.9 Å². The van der Waals surface area contributed by atoms with Crippen LogP contribution in [0.15, 0.2) is 42.5 Å². The number of para-hydroxylation sites is 1. The fraction of sp³-hybridized carbons (Fsp3) is 0.333. The number of anilines is 1. The number of aromatic nitrogens is 2. The molecule has 1 aromatic heterocycles. The van der Waals surface area contributed by atoms with Crippen LogP contribution in [0.3, 0.4) is 0 Å². The minimum Gasteiger partial charge on any atom is -0.408 e. The lowest BCUT2D eigenvalue weighted by Crippen LogP contribution is -2.47. The summed E-state index contributed by atoms with van der Waals surface area (Å²) in [6, 6.07) is 13.6. The van der Waals surface area contributed by atoms with Crippen molar-refractivity contribution in [2.75, 3.05) is 37.6 Å². The number of aryl methyl sites for hydroxylation is 1. The lowest BCUT2D eigenvalue weighted by atomic mass is 10.1. The van der Waals surface area contributed by atoms with Gasteiger partial charge >= 0.3 is 6.09 Å². The number of halogens is 1. The Morgan fingerprint density at radius 2 is 1.86 bits per heavy atom. The van der Waals surface area contributed by atoms with E-state index >= 15 is 0 Å². The number of nitrogens with zero attached hydrogens (tertiary/aromatic N) is 4. The summed E-state index contributed by atoms with van der Waals surface area (Å²) in [7, 11) is 1.98. The Labute approximate surface area is 174 Å². The highest BCUT2D eigenvalue weighted by Gasteiger charge is 2.22. The number of rotatable bonds is 5. The standard InChI is InChI=1S/C21H24ClN5O2/c1-25-17-3-2-4-18(29-20(23)28)19(17)24-21(25)27-13-11-26(12-14-27)10-9-15-5-7-16(22)8-6-15/h2-8H,9-14H2,1H3,(H2,23,28). The Morgan fingerprint density at radius 3 is 2.55 bits per heavy atom. The second-order valence-electron chi connectivity index (χ2n) is 7.22. The molecule has 2 heterocycles. The summed E-state index contributed by atoms with van der Waals surface area (Å²) in [4.78, 5) is 20.6. The van der Waals surface area contributed by atoms with Gasteiger partial charge in [-0.2, -0.15) is 0 Å². The number of benzene rings is 2. The molecule has 0 unspecified atom stereocenters. The van der Waals surface area contributed by atoms with Crippen molar-refractivity contribution in [3.05, 3.63) is 53.1 Å². The van der Waals surface area contributed by atoms with Crippen LogP contribution < -0.4 is 15.4 Å². The van der Waals surface area contributed by atoms with Crippen LogP contribution in [0.1, 0.15) is 5.56 Å². The SMILES string of the molecule is Cn1c(N2CCN(CCc3ccc(Cl)cc3)CC2)nc2c(OC(N)=O)cccc21. The van der Waals surface area contributed by atoms with E-state index in [0.717, 1.165) is 55.6 Å². The second kappa shape index (κ2) is 8.31. The largest absolute Gasteiger partial charge is 0.410 e. The Morgan fingerprint density at radius 1 is 1.14 bits per heavy atom. The van der Waals surface area contributed by atoms with Crippen molar-refractivity contribution in [1.29, 1.82) is 0 Å². The first-order valence-corrected chi connectivity index (χ1v) is 10.0. The highest BCUT2D eigenvalue weighted by molar-refractivity contribution is 6.30. The topological polar surface area (TPSA) is 76.6 Å². The Hall–Kier alpha value is -2.77. The van der Waals surface area contributed by atoms with Gasteiger partial charge in [-0.3, -0.25) is 4.90 Å². The molecule has 8 heteroatoms. The summed E-state index contributed by atoms with van der Waals surface area (Å²) < 4.78 is 7.14. The Kier molecular flexibility index (Phi) is 5.60. The van der Waals surface area contributed by atoms with Crippen LogP contribution in [0.2, 0.25) is 5.02 Å². The first kappa shape index (κ1) is 19.5. The molecule has 29 heavy (non-hydrogen) atoms. The number of primary amides is 1. The number of hydrogen-bond donors (Lipinski definition) is 1. The molecule has 0 radical (unpaired) electrons. The molecular weight excluding hydrogens is 390 g/mol. The minimum atomic E-state index is -0.834. The van der Waals surface area contributed by atoms with Crippen LogP contribution in [0.5, 0.6) is 5.75 Å². The predicted molar refractivity (Wildman–Crippen MR) is 115 cm³/mol. The molecule has 3 aromatic rings. The predicted octanol–water partition coefficient (Wildman–Crippen LogP) is 3.05. The zero-order valence-electron chi connectivity index (χ0n) is 16.3. The molecule has 1 aliphatic heterocycles. The molecule has 1 amide bonds. The number of ether oxygens (including phenoxy) is 1. The second-order valence-corrected chi connectivity index (χ2v) is 7.66. The van der Waals surface area contributed by atoms with Gasteiger partial charge in [0, 0.05) is 44.8 Å². The minimum absolute atomic E-state index is 0.387. The van der Waals surface area contributed by atoms with Crippen LogP contribution in [0.4, 0.5) is 10.7 Å². The highest BCUT2D eigenvalue weighted by atomic mass is 35.5. The van der Waals surface area contributed by atoms with Crippen LogP contribution in [0, 0.1) is 0 Å². The van der Waals surface area contributed by atoms with Gasteiger partial charge in [0.25, 0.3) is 0 Å². The van der Waals surface area contributed by atoms with Crippen molar-refractivity contribution in [3.8, 4) is 5.75 Å². The number of carbonyl (C=O) groups is 1. The van der Waals surface area contributed by atoms with Crippen molar-refractivity contribution < 1.29 is 9.53 Å².